The van der Waals surface area contributed by atoms with Crippen molar-refractivity contribution in [3.8, 4) is 0 Å². The predicted molar refractivity (Wildman–Crippen MR) is 103 cm³/mol. The van der Waals surface area contributed by atoms with E-state index in [1.807, 2.05) is 24.3 Å². The van der Waals surface area contributed by atoms with Crippen molar-refractivity contribution in [1.82, 2.24) is 14.9 Å². The number of nitrogens with zero attached hydrogens (tertiary/aromatic N) is 3. The SMILES string of the molecule is CCc1cccc(NC(=O)CN2CCCc3nc(C4CC4)ncc3C2=O)c1. The van der Waals surface area contributed by atoms with Gasteiger partial charge in [-0.3, -0.25) is 9.59 Å². The number of hydrogen-bond acceptors (Lipinski definition) is 4. The van der Waals surface area contributed by atoms with E-state index in [-0.39, 0.29) is 18.4 Å². The third kappa shape index (κ3) is 3.99. The van der Waals surface area contributed by atoms with Gasteiger partial charge in [0.15, 0.2) is 0 Å². The molecule has 0 radical (unpaired) electrons. The van der Waals surface area contributed by atoms with Gasteiger partial charge in [0.25, 0.3) is 5.91 Å². The molecule has 6 heteroatoms. The molecule has 1 aliphatic heterocycles. The molecule has 1 saturated carbocycles. The summed E-state index contributed by atoms with van der Waals surface area (Å²) in [5, 5.41) is 2.90. The molecule has 1 aliphatic carbocycles. The van der Waals surface area contributed by atoms with E-state index < -0.39 is 0 Å². The minimum absolute atomic E-state index is 0.0407. The van der Waals surface area contributed by atoms with Gasteiger partial charge in [-0.1, -0.05) is 19.1 Å². The number of amides is 2. The molecule has 2 heterocycles. The third-order valence-corrected chi connectivity index (χ3v) is 5.14. The first-order chi connectivity index (χ1) is 13.1. The Morgan fingerprint density at radius 2 is 2.19 bits per heavy atom. The predicted octanol–water partition coefficient (Wildman–Crippen LogP) is 2.94. The number of nitrogens with one attached hydrogen (secondary N) is 1. The van der Waals surface area contributed by atoms with Gasteiger partial charge in [0.05, 0.1) is 11.3 Å². The van der Waals surface area contributed by atoms with Crippen LogP contribution in [0.5, 0.6) is 0 Å². The number of carbonyl (C=O) groups excluding carboxylic acids is 2. The van der Waals surface area contributed by atoms with E-state index in [0.29, 0.717) is 18.0 Å². The lowest BCUT2D eigenvalue weighted by atomic mass is 10.1. The molecule has 2 aliphatic rings. The fourth-order valence-electron chi connectivity index (χ4n) is 3.44. The van der Waals surface area contributed by atoms with Crippen LogP contribution in [0, 0.1) is 0 Å². The molecule has 140 valence electrons. The topological polar surface area (TPSA) is 75.2 Å². The van der Waals surface area contributed by atoms with Crippen molar-refractivity contribution in [2.75, 3.05) is 18.4 Å². The summed E-state index contributed by atoms with van der Waals surface area (Å²) in [6.45, 7) is 2.67. The fourth-order valence-corrected chi connectivity index (χ4v) is 3.44. The van der Waals surface area contributed by atoms with E-state index in [0.717, 1.165) is 54.9 Å². The second-order valence-electron chi connectivity index (χ2n) is 7.30. The molecule has 1 fully saturated rings. The van der Waals surface area contributed by atoms with Crippen molar-refractivity contribution in [2.24, 2.45) is 0 Å². The summed E-state index contributed by atoms with van der Waals surface area (Å²) in [5.41, 5.74) is 3.30. The van der Waals surface area contributed by atoms with Gasteiger partial charge in [-0.05, 0) is 49.8 Å². The van der Waals surface area contributed by atoms with Crippen LogP contribution in [0.3, 0.4) is 0 Å². The first kappa shape index (κ1) is 17.6. The molecule has 4 rings (SSSR count). The number of aryl methyl sites for hydroxylation is 2. The third-order valence-electron chi connectivity index (χ3n) is 5.14. The van der Waals surface area contributed by atoms with Gasteiger partial charge in [-0.25, -0.2) is 9.97 Å². The van der Waals surface area contributed by atoms with Crippen LogP contribution in [0.25, 0.3) is 0 Å². The highest BCUT2D eigenvalue weighted by Gasteiger charge is 2.30. The Bertz CT molecular complexity index is 876. The van der Waals surface area contributed by atoms with Crippen LogP contribution < -0.4 is 5.32 Å². The second kappa shape index (κ2) is 7.47. The van der Waals surface area contributed by atoms with Gasteiger partial charge in [0.2, 0.25) is 5.91 Å². The van der Waals surface area contributed by atoms with Gasteiger partial charge >= 0.3 is 0 Å². The Balaban J connectivity index is 1.45. The number of carbonyl (C=O) groups is 2. The quantitative estimate of drug-likeness (QED) is 0.885. The molecule has 0 bridgehead atoms. The maximum atomic E-state index is 12.9. The normalized spacial score (nSPS) is 16.6. The van der Waals surface area contributed by atoms with Crippen molar-refractivity contribution in [3.05, 3.63) is 53.1 Å². The van der Waals surface area contributed by atoms with E-state index in [1.165, 1.54) is 0 Å². The number of benzene rings is 1. The van der Waals surface area contributed by atoms with Crippen molar-refractivity contribution in [1.29, 1.82) is 0 Å². The summed E-state index contributed by atoms with van der Waals surface area (Å²) in [6.07, 6.45) is 6.39. The van der Waals surface area contributed by atoms with E-state index >= 15 is 0 Å². The van der Waals surface area contributed by atoms with Crippen LogP contribution in [0.1, 0.15) is 59.5 Å². The minimum atomic E-state index is -0.185. The van der Waals surface area contributed by atoms with E-state index in [4.69, 9.17) is 0 Å². The molecule has 6 nitrogen and oxygen atoms in total. The molecule has 1 N–H and O–H groups in total. The summed E-state index contributed by atoms with van der Waals surface area (Å²) >= 11 is 0. The molecule has 0 spiro atoms. The maximum Gasteiger partial charge on any atom is 0.257 e. The lowest BCUT2D eigenvalue weighted by molar-refractivity contribution is -0.116. The van der Waals surface area contributed by atoms with Crippen LogP contribution >= 0.6 is 0 Å². The van der Waals surface area contributed by atoms with Crippen molar-refractivity contribution >= 4 is 17.5 Å². The van der Waals surface area contributed by atoms with Gasteiger partial charge in [-0.2, -0.15) is 0 Å². The molecule has 1 aromatic heterocycles. The number of fused-ring (bicyclic) bond motifs is 1. The van der Waals surface area contributed by atoms with Crippen LogP contribution in [0.2, 0.25) is 0 Å². The lowest BCUT2D eigenvalue weighted by Crippen LogP contribution is -2.38. The summed E-state index contributed by atoms with van der Waals surface area (Å²) in [7, 11) is 0. The minimum Gasteiger partial charge on any atom is -0.329 e. The molecule has 0 saturated heterocycles. The zero-order valence-electron chi connectivity index (χ0n) is 15.6. The number of hydrogen-bond donors (Lipinski definition) is 1. The van der Waals surface area contributed by atoms with Gasteiger partial charge < -0.3 is 10.2 Å². The first-order valence-corrected chi connectivity index (χ1v) is 9.68. The van der Waals surface area contributed by atoms with Crippen LogP contribution in [0.4, 0.5) is 5.69 Å². The molecule has 2 amide bonds. The average molecular weight is 364 g/mol. The largest absolute Gasteiger partial charge is 0.329 e. The van der Waals surface area contributed by atoms with E-state index in [1.54, 1.807) is 11.1 Å². The summed E-state index contributed by atoms with van der Waals surface area (Å²) in [4.78, 5) is 36.0. The monoisotopic (exact) mass is 364 g/mol. The average Bonchev–Trinajstić information content (AvgIpc) is 3.52. The van der Waals surface area contributed by atoms with Gasteiger partial charge in [0, 0.05) is 24.3 Å². The van der Waals surface area contributed by atoms with E-state index in [9.17, 15) is 9.59 Å². The van der Waals surface area contributed by atoms with Crippen LogP contribution in [0.15, 0.2) is 30.5 Å². The highest BCUT2D eigenvalue weighted by Crippen LogP contribution is 2.38. The summed E-state index contributed by atoms with van der Waals surface area (Å²) in [6, 6.07) is 7.78. The second-order valence-corrected chi connectivity index (χ2v) is 7.30. The molecule has 27 heavy (non-hydrogen) atoms. The van der Waals surface area contributed by atoms with Crippen LogP contribution in [-0.2, 0) is 17.6 Å². The first-order valence-electron chi connectivity index (χ1n) is 9.68. The zero-order chi connectivity index (χ0) is 18.8. The molecular formula is C21H24N4O2. The Morgan fingerprint density at radius 1 is 1.33 bits per heavy atom. The smallest absolute Gasteiger partial charge is 0.257 e. The highest BCUT2D eigenvalue weighted by molar-refractivity contribution is 6.00. The number of rotatable bonds is 5. The molecular weight excluding hydrogens is 340 g/mol. The Labute approximate surface area is 159 Å². The Hall–Kier alpha value is -2.76. The van der Waals surface area contributed by atoms with Crippen molar-refractivity contribution in [2.45, 2.75) is 44.9 Å². The zero-order valence-corrected chi connectivity index (χ0v) is 15.6. The number of anilines is 1. The Morgan fingerprint density at radius 3 is 2.96 bits per heavy atom. The summed E-state index contributed by atoms with van der Waals surface area (Å²) < 4.78 is 0. The lowest BCUT2D eigenvalue weighted by Gasteiger charge is -2.20. The molecule has 2 aromatic rings. The van der Waals surface area contributed by atoms with Crippen molar-refractivity contribution in [3.63, 3.8) is 0 Å². The summed E-state index contributed by atoms with van der Waals surface area (Å²) in [5.74, 6) is 0.996. The number of aromatic nitrogens is 2. The van der Waals surface area contributed by atoms with Gasteiger partial charge in [0.1, 0.15) is 12.4 Å². The van der Waals surface area contributed by atoms with Crippen LogP contribution in [-0.4, -0.2) is 39.8 Å². The Kier molecular flexibility index (Phi) is 4.88. The fraction of sp³-hybridized carbons (Fsp3) is 0.429. The van der Waals surface area contributed by atoms with E-state index in [2.05, 4.69) is 22.2 Å². The van der Waals surface area contributed by atoms with Gasteiger partial charge in [-0.15, -0.1) is 0 Å². The molecule has 1 aromatic carbocycles. The highest BCUT2D eigenvalue weighted by atomic mass is 16.2. The standard InChI is InChI=1S/C21H24N4O2/c1-2-14-5-3-6-16(11-14)23-19(26)13-25-10-4-7-18-17(21(25)27)12-22-20(24-18)15-8-9-15/h3,5-6,11-12,15H,2,4,7-10,13H2,1H3,(H,23,26). The van der Waals surface area contributed by atoms with Crippen molar-refractivity contribution < 1.29 is 9.59 Å². The molecule has 0 unspecified atom stereocenters. The maximum absolute atomic E-state index is 12.9. The molecule has 0 atom stereocenters.